The van der Waals surface area contributed by atoms with Crippen molar-refractivity contribution in [3.05, 3.63) is 28.8 Å². The smallest absolute Gasteiger partial charge is 0.140 e. The zero-order chi connectivity index (χ0) is 13.0. The second-order valence-corrected chi connectivity index (χ2v) is 5.37. The Morgan fingerprint density at radius 1 is 1.33 bits per heavy atom. The molecule has 1 fully saturated rings. The average molecular weight is 267 g/mol. The molecule has 0 radical (unpaired) electrons. The molecule has 2 nitrogen and oxygen atoms in total. The number of hydrogen-bond donors (Lipinski definition) is 0. The van der Waals surface area contributed by atoms with Crippen LogP contribution in [0.5, 0.6) is 5.75 Å². The standard InChI is InChI=1S/C15H19ClO2/c1-18-15-8-7-13(16)9-12(15)10-14(17)11-5-3-2-4-6-11/h7-9,11H,2-6,10H2,1H3. The lowest BCUT2D eigenvalue weighted by Crippen LogP contribution is -2.19. The molecule has 0 aromatic heterocycles. The predicted molar refractivity (Wildman–Crippen MR) is 73.3 cm³/mol. The molecule has 0 atom stereocenters. The van der Waals surface area contributed by atoms with E-state index in [4.69, 9.17) is 16.3 Å². The van der Waals surface area contributed by atoms with Gasteiger partial charge in [-0.1, -0.05) is 30.9 Å². The maximum atomic E-state index is 12.2. The number of hydrogen-bond acceptors (Lipinski definition) is 2. The predicted octanol–water partition coefficient (Wildman–Crippen LogP) is 4.04. The number of ether oxygens (including phenoxy) is 1. The number of benzene rings is 1. The summed E-state index contributed by atoms with van der Waals surface area (Å²) in [5.41, 5.74) is 0.903. The Balaban J connectivity index is 2.07. The van der Waals surface area contributed by atoms with Gasteiger partial charge in [-0.05, 0) is 31.0 Å². The number of methoxy groups -OCH3 is 1. The van der Waals surface area contributed by atoms with Gasteiger partial charge >= 0.3 is 0 Å². The van der Waals surface area contributed by atoms with Gasteiger partial charge in [-0.3, -0.25) is 4.79 Å². The topological polar surface area (TPSA) is 26.3 Å². The Bertz CT molecular complexity index is 423. The Morgan fingerprint density at radius 3 is 2.72 bits per heavy atom. The van der Waals surface area contributed by atoms with Crippen molar-refractivity contribution < 1.29 is 9.53 Å². The quantitative estimate of drug-likeness (QED) is 0.822. The monoisotopic (exact) mass is 266 g/mol. The number of rotatable bonds is 4. The Labute approximate surface area is 113 Å². The highest BCUT2D eigenvalue weighted by molar-refractivity contribution is 6.30. The van der Waals surface area contributed by atoms with E-state index >= 15 is 0 Å². The lowest BCUT2D eigenvalue weighted by atomic mass is 9.84. The lowest BCUT2D eigenvalue weighted by Gasteiger charge is -2.20. The summed E-state index contributed by atoms with van der Waals surface area (Å²) in [6.07, 6.45) is 6.16. The van der Waals surface area contributed by atoms with E-state index < -0.39 is 0 Å². The molecule has 0 unspecified atom stereocenters. The van der Waals surface area contributed by atoms with Crippen LogP contribution in [0.1, 0.15) is 37.7 Å². The normalized spacial score (nSPS) is 16.6. The summed E-state index contributed by atoms with van der Waals surface area (Å²) in [5, 5.41) is 0.655. The molecule has 1 saturated carbocycles. The molecule has 1 aliphatic rings. The molecule has 3 heteroatoms. The van der Waals surface area contributed by atoms with Gasteiger partial charge in [0, 0.05) is 22.9 Å². The summed E-state index contributed by atoms with van der Waals surface area (Å²) in [5.74, 6) is 1.32. The molecule has 1 aliphatic carbocycles. The minimum absolute atomic E-state index is 0.238. The van der Waals surface area contributed by atoms with Crippen LogP contribution < -0.4 is 4.74 Å². The summed E-state index contributed by atoms with van der Waals surface area (Å²) in [7, 11) is 1.62. The molecule has 0 saturated heterocycles. The molecule has 98 valence electrons. The van der Waals surface area contributed by atoms with Gasteiger partial charge in [0.05, 0.1) is 7.11 Å². The summed E-state index contributed by atoms with van der Waals surface area (Å²) in [6, 6.07) is 5.45. The van der Waals surface area contributed by atoms with Crippen LogP contribution in [0.3, 0.4) is 0 Å². The third kappa shape index (κ3) is 3.26. The molecule has 0 bridgehead atoms. The molecule has 0 amide bonds. The molecular weight excluding hydrogens is 248 g/mol. The number of carbonyl (C=O) groups is 1. The van der Waals surface area contributed by atoms with Gasteiger partial charge in [0.1, 0.15) is 11.5 Å². The molecule has 0 heterocycles. The molecular formula is C15H19ClO2. The molecule has 1 aromatic rings. The number of ketones is 1. The fourth-order valence-electron chi connectivity index (χ4n) is 2.64. The largest absolute Gasteiger partial charge is 0.496 e. The number of carbonyl (C=O) groups excluding carboxylic acids is 1. The van der Waals surface area contributed by atoms with Crippen molar-refractivity contribution >= 4 is 17.4 Å². The maximum absolute atomic E-state index is 12.2. The molecule has 2 rings (SSSR count). The molecule has 0 spiro atoms. The fourth-order valence-corrected chi connectivity index (χ4v) is 2.84. The second-order valence-electron chi connectivity index (χ2n) is 4.93. The third-order valence-corrected chi connectivity index (χ3v) is 3.90. The van der Waals surface area contributed by atoms with E-state index in [0.29, 0.717) is 17.2 Å². The van der Waals surface area contributed by atoms with Gasteiger partial charge in [-0.25, -0.2) is 0 Å². The summed E-state index contributed by atoms with van der Waals surface area (Å²) in [4.78, 5) is 12.2. The van der Waals surface area contributed by atoms with E-state index in [1.807, 2.05) is 12.1 Å². The van der Waals surface area contributed by atoms with Crippen molar-refractivity contribution in [2.24, 2.45) is 5.92 Å². The average Bonchev–Trinajstić information content (AvgIpc) is 2.40. The van der Waals surface area contributed by atoms with Crippen molar-refractivity contribution in [2.75, 3.05) is 7.11 Å². The van der Waals surface area contributed by atoms with Gasteiger partial charge in [0.2, 0.25) is 0 Å². The van der Waals surface area contributed by atoms with E-state index in [9.17, 15) is 4.79 Å². The highest BCUT2D eigenvalue weighted by Crippen LogP contribution is 2.28. The second kappa shape index (κ2) is 6.24. The summed E-state index contributed by atoms with van der Waals surface area (Å²) < 4.78 is 5.28. The van der Waals surface area contributed by atoms with Crippen LogP contribution in [0.4, 0.5) is 0 Å². The Kier molecular flexibility index (Phi) is 4.65. The zero-order valence-corrected chi connectivity index (χ0v) is 11.5. The number of Topliss-reactive ketones (excluding diaryl/α,β-unsaturated/α-hetero) is 1. The van der Waals surface area contributed by atoms with E-state index in [1.165, 1.54) is 19.3 Å². The van der Waals surface area contributed by atoms with Crippen LogP contribution in [0.25, 0.3) is 0 Å². The molecule has 1 aromatic carbocycles. The molecule has 0 N–H and O–H groups in total. The summed E-state index contributed by atoms with van der Waals surface area (Å²) in [6.45, 7) is 0. The first-order valence-electron chi connectivity index (χ1n) is 6.56. The highest BCUT2D eigenvalue weighted by Gasteiger charge is 2.22. The molecule has 0 aliphatic heterocycles. The van der Waals surface area contributed by atoms with Crippen LogP contribution in [0, 0.1) is 5.92 Å². The van der Waals surface area contributed by atoms with Crippen molar-refractivity contribution in [3.63, 3.8) is 0 Å². The van der Waals surface area contributed by atoms with Gasteiger partial charge in [0.15, 0.2) is 0 Å². The van der Waals surface area contributed by atoms with Gasteiger partial charge in [-0.15, -0.1) is 0 Å². The zero-order valence-electron chi connectivity index (χ0n) is 10.7. The van der Waals surface area contributed by atoms with Crippen LogP contribution in [-0.4, -0.2) is 12.9 Å². The lowest BCUT2D eigenvalue weighted by molar-refractivity contribution is -0.123. The Hall–Kier alpha value is -1.02. The van der Waals surface area contributed by atoms with Crippen molar-refractivity contribution in [3.8, 4) is 5.75 Å². The van der Waals surface area contributed by atoms with E-state index in [2.05, 4.69) is 0 Å². The summed E-state index contributed by atoms with van der Waals surface area (Å²) >= 11 is 5.98. The van der Waals surface area contributed by atoms with Gasteiger partial charge in [0.25, 0.3) is 0 Å². The van der Waals surface area contributed by atoms with Gasteiger partial charge < -0.3 is 4.74 Å². The Morgan fingerprint density at radius 2 is 2.06 bits per heavy atom. The molecule has 18 heavy (non-hydrogen) atoms. The number of halogens is 1. The minimum Gasteiger partial charge on any atom is -0.496 e. The van der Waals surface area contributed by atoms with Crippen LogP contribution in [-0.2, 0) is 11.2 Å². The van der Waals surface area contributed by atoms with Crippen LogP contribution >= 0.6 is 11.6 Å². The van der Waals surface area contributed by atoms with E-state index in [1.54, 1.807) is 13.2 Å². The van der Waals surface area contributed by atoms with E-state index in [0.717, 1.165) is 24.2 Å². The first-order valence-corrected chi connectivity index (χ1v) is 6.93. The third-order valence-electron chi connectivity index (χ3n) is 3.67. The van der Waals surface area contributed by atoms with Crippen LogP contribution in [0.2, 0.25) is 5.02 Å². The van der Waals surface area contributed by atoms with Crippen molar-refractivity contribution in [2.45, 2.75) is 38.5 Å². The van der Waals surface area contributed by atoms with E-state index in [-0.39, 0.29) is 5.92 Å². The van der Waals surface area contributed by atoms with Gasteiger partial charge in [-0.2, -0.15) is 0 Å². The minimum atomic E-state index is 0.238. The maximum Gasteiger partial charge on any atom is 0.140 e. The van der Waals surface area contributed by atoms with Crippen LogP contribution in [0.15, 0.2) is 18.2 Å². The fraction of sp³-hybridized carbons (Fsp3) is 0.533. The van der Waals surface area contributed by atoms with Crippen molar-refractivity contribution in [1.29, 1.82) is 0 Å². The first-order chi connectivity index (χ1) is 8.70. The highest BCUT2D eigenvalue weighted by atomic mass is 35.5. The SMILES string of the molecule is COc1ccc(Cl)cc1CC(=O)C1CCCCC1. The van der Waals surface area contributed by atoms with Crippen molar-refractivity contribution in [1.82, 2.24) is 0 Å². The first kappa shape index (κ1) is 13.4.